The topological polar surface area (TPSA) is 99.3 Å². The number of Topliss-reactive ketones (excluding diaryl/α,β-unsaturated/α-hetero) is 1. The van der Waals surface area contributed by atoms with E-state index < -0.39 is 0 Å². The van der Waals surface area contributed by atoms with Crippen LogP contribution in [0.5, 0.6) is 0 Å². The van der Waals surface area contributed by atoms with E-state index in [1.54, 1.807) is 27.0 Å². The summed E-state index contributed by atoms with van der Waals surface area (Å²) in [6.45, 7) is 3.45. The van der Waals surface area contributed by atoms with Crippen LogP contribution >= 0.6 is 11.6 Å². The van der Waals surface area contributed by atoms with Crippen molar-refractivity contribution in [3.8, 4) is 0 Å². The van der Waals surface area contributed by atoms with Gasteiger partial charge in [0.2, 0.25) is 5.78 Å². The summed E-state index contributed by atoms with van der Waals surface area (Å²) in [5.74, 6) is 0.144. The van der Waals surface area contributed by atoms with Gasteiger partial charge >= 0.3 is 0 Å². The first-order chi connectivity index (χ1) is 8.82. The van der Waals surface area contributed by atoms with Gasteiger partial charge in [-0.15, -0.1) is 0 Å². The summed E-state index contributed by atoms with van der Waals surface area (Å²) in [5, 5.41) is 4.15. The van der Waals surface area contributed by atoms with Crippen LogP contribution in [0.3, 0.4) is 0 Å². The molecule has 4 N–H and O–H groups in total. The maximum absolute atomic E-state index is 11.6. The van der Waals surface area contributed by atoms with E-state index in [2.05, 4.69) is 10.1 Å². The predicted molar refractivity (Wildman–Crippen MR) is 75.3 cm³/mol. The summed E-state index contributed by atoms with van der Waals surface area (Å²) in [4.78, 5) is 16.0. The lowest BCUT2D eigenvalue weighted by Gasteiger charge is -2.12. The Labute approximate surface area is 115 Å². The predicted octanol–water partition coefficient (Wildman–Crippen LogP) is 1.32. The highest BCUT2D eigenvalue weighted by Gasteiger charge is 2.22. The molecule has 0 spiro atoms. The van der Waals surface area contributed by atoms with E-state index in [0.29, 0.717) is 28.5 Å². The molecule has 1 aliphatic rings. The number of allylic oxidation sites excluding steroid dienone is 3. The standard InChI is InChI=1S/C12H14ClN5O/c1-5-4-7(9(14)8(13)11(5)19)16-10-6(2)17-18(3)12(10)15/h4H,14-15H2,1-3H3/b16-7+. The summed E-state index contributed by atoms with van der Waals surface area (Å²) >= 11 is 5.89. The second-order valence-electron chi connectivity index (χ2n) is 4.32. The van der Waals surface area contributed by atoms with Crippen molar-refractivity contribution < 1.29 is 4.79 Å². The fourth-order valence-electron chi connectivity index (χ4n) is 1.77. The minimum Gasteiger partial charge on any atom is -0.396 e. The Bertz CT molecular complexity index is 666. The van der Waals surface area contributed by atoms with Crippen LogP contribution in [-0.4, -0.2) is 21.3 Å². The molecule has 2 rings (SSSR count). The molecular formula is C12H14ClN5O. The van der Waals surface area contributed by atoms with Crippen molar-refractivity contribution in [3.63, 3.8) is 0 Å². The van der Waals surface area contributed by atoms with Crippen LogP contribution in [0.2, 0.25) is 0 Å². The number of rotatable bonds is 1. The van der Waals surface area contributed by atoms with Crippen molar-refractivity contribution in [1.82, 2.24) is 9.78 Å². The number of anilines is 1. The number of hydrogen-bond donors (Lipinski definition) is 2. The largest absolute Gasteiger partial charge is 0.396 e. The highest BCUT2D eigenvalue weighted by atomic mass is 35.5. The number of ketones is 1. The Hall–Kier alpha value is -2.08. The van der Waals surface area contributed by atoms with Gasteiger partial charge in [-0.2, -0.15) is 5.10 Å². The zero-order chi connectivity index (χ0) is 14.3. The van der Waals surface area contributed by atoms with Gasteiger partial charge in [0.15, 0.2) is 0 Å². The second kappa shape index (κ2) is 4.55. The summed E-state index contributed by atoms with van der Waals surface area (Å²) in [7, 11) is 1.73. The molecule has 1 aliphatic carbocycles. The lowest BCUT2D eigenvalue weighted by molar-refractivity contribution is -0.111. The van der Waals surface area contributed by atoms with Gasteiger partial charge in [0.1, 0.15) is 16.5 Å². The molecule has 0 saturated carbocycles. The quantitative estimate of drug-likeness (QED) is 0.757. The van der Waals surface area contributed by atoms with E-state index in [1.807, 2.05) is 0 Å². The van der Waals surface area contributed by atoms with E-state index in [4.69, 9.17) is 23.1 Å². The van der Waals surface area contributed by atoms with Crippen molar-refractivity contribution in [2.75, 3.05) is 5.73 Å². The maximum atomic E-state index is 11.6. The molecule has 0 aliphatic heterocycles. The molecular weight excluding hydrogens is 266 g/mol. The molecule has 0 atom stereocenters. The van der Waals surface area contributed by atoms with Gasteiger partial charge in [-0.05, 0) is 19.9 Å². The molecule has 0 bridgehead atoms. The second-order valence-corrected chi connectivity index (χ2v) is 4.70. The molecule has 1 heterocycles. The minimum atomic E-state index is -0.283. The lowest BCUT2D eigenvalue weighted by atomic mass is 10.0. The first-order valence-electron chi connectivity index (χ1n) is 5.59. The van der Waals surface area contributed by atoms with Crippen molar-refractivity contribution in [2.45, 2.75) is 13.8 Å². The zero-order valence-electron chi connectivity index (χ0n) is 10.9. The zero-order valence-corrected chi connectivity index (χ0v) is 11.6. The number of aromatic nitrogens is 2. The summed E-state index contributed by atoms with van der Waals surface area (Å²) in [6.07, 6.45) is 1.59. The molecule has 1 aromatic rings. The van der Waals surface area contributed by atoms with E-state index in [9.17, 15) is 4.79 Å². The number of nitrogens with two attached hydrogens (primary N) is 2. The highest BCUT2D eigenvalue weighted by Crippen LogP contribution is 2.28. The SMILES string of the molecule is CC1=C/C(=N\c2c(C)nn(C)c2N)C(N)=C(Cl)C1=O. The molecule has 0 amide bonds. The van der Waals surface area contributed by atoms with E-state index >= 15 is 0 Å². The Morgan fingerprint density at radius 2 is 2.00 bits per heavy atom. The molecule has 0 fully saturated rings. The van der Waals surface area contributed by atoms with Crippen LogP contribution in [0.15, 0.2) is 27.4 Å². The number of carbonyl (C=O) groups is 1. The van der Waals surface area contributed by atoms with E-state index in [0.717, 1.165) is 0 Å². The molecule has 1 aromatic heterocycles. The van der Waals surface area contributed by atoms with Gasteiger partial charge in [-0.3, -0.25) is 9.48 Å². The van der Waals surface area contributed by atoms with Crippen LogP contribution in [0.4, 0.5) is 11.5 Å². The fourth-order valence-corrected chi connectivity index (χ4v) is 2.02. The third-order valence-corrected chi connectivity index (χ3v) is 3.26. The highest BCUT2D eigenvalue weighted by molar-refractivity contribution is 6.49. The number of nitrogen functional groups attached to an aromatic ring is 1. The number of halogens is 1. The van der Waals surface area contributed by atoms with Gasteiger partial charge in [-0.25, -0.2) is 4.99 Å². The van der Waals surface area contributed by atoms with Gasteiger partial charge in [0.25, 0.3) is 0 Å². The van der Waals surface area contributed by atoms with Crippen LogP contribution in [0.1, 0.15) is 12.6 Å². The molecule has 0 radical (unpaired) electrons. The average Bonchev–Trinajstić information content (AvgIpc) is 2.60. The van der Waals surface area contributed by atoms with E-state index in [1.165, 1.54) is 4.68 Å². The molecule has 0 saturated heterocycles. The minimum absolute atomic E-state index is 0.0149. The fraction of sp³-hybridized carbons (Fsp3) is 0.250. The monoisotopic (exact) mass is 279 g/mol. The summed E-state index contributed by atoms with van der Waals surface area (Å²) in [5.41, 5.74) is 14.0. The number of aliphatic imine (C=N–C) groups is 1. The number of carbonyl (C=O) groups excluding carboxylic acids is 1. The first kappa shape index (κ1) is 13.4. The van der Waals surface area contributed by atoms with E-state index in [-0.39, 0.29) is 16.5 Å². The van der Waals surface area contributed by atoms with Gasteiger partial charge in [-0.1, -0.05) is 11.6 Å². The van der Waals surface area contributed by atoms with Gasteiger partial charge in [0.05, 0.1) is 17.1 Å². The normalized spacial score (nSPS) is 18.2. The van der Waals surface area contributed by atoms with Crippen LogP contribution in [0.25, 0.3) is 0 Å². The Morgan fingerprint density at radius 3 is 2.53 bits per heavy atom. The van der Waals surface area contributed by atoms with Gasteiger partial charge < -0.3 is 11.5 Å². The van der Waals surface area contributed by atoms with Crippen LogP contribution < -0.4 is 11.5 Å². The van der Waals surface area contributed by atoms with Crippen molar-refractivity contribution >= 4 is 34.6 Å². The summed E-state index contributed by atoms with van der Waals surface area (Å²) < 4.78 is 1.53. The molecule has 0 aromatic carbocycles. The number of nitrogens with zero attached hydrogens (tertiary/aromatic N) is 3. The van der Waals surface area contributed by atoms with Crippen LogP contribution in [0, 0.1) is 6.92 Å². The van der Waals surface area contributed by atoms with Gasteiger partial charge in [0, 0.05) is 12.6 Å². The third-order valence-electron chi connectivity index (χ3n) is 2.89. The molecule has 7 heteroatoms. The lowest BCUT2D eigenvalue weighted by Crippen LogP contribution is -2.21. The first-order valence-corrected chi connectivity index (χ1v) is 5.97. The number of hydrogen-bond acceptors (Lipinski definition) is 5. The van der Waals surface area contributed by atoms with Crippen molar-refractivity contribution in [1.29, 1.82) is 0 Å². The Kier molecular flexibility index (Phi) is 3.20. The van der Waals surface area contributed by atoms with Crippen LogP contribution in [-0.2, 0) is 11.8 Å². The Morgan fingerprint density at radius 1 is 1.37 bits per heavy atom. The molecule has 19 heavy (non-hydrogen) atoms. The number of aryl methyl sites for hydroxylation is 2. The summed E-state index contributed by atoms with van der Waals surface area (Å²) in [6, 6.07) is 0. The molecule has 100 valence electrons. The Balaban J connectivity index is 2.58. The van der Waals surface area contributed by atoms with Crippen molar-refractivity contribution in [2.24, 2.45) is 17.8 Å². The average molecular weight is 280 g/mol. The molecule has 0 unspecified atom stereocenters. The van der Waals surface area contributed by atoms with Crippen molar-refractivity contribution in [3.05, 3.63) is 28.1 Å². The maximum Gasteiger partial charge on any atom is 0.202 e. The smallest absolute Gasteiger partial charge is 0.202 e. The molecule has 6 nitrogen and oxygen atoms in total. The third kappa shape index (κ3) is 2.15.